The van der Waals surface area contributed by atoms with Crippen molar-refractivity contribution in [3.63, 3.8) is 0 Å². The summed E-state index contributed by atoms with van der Waals surface area (Å²) in [6.45, 7) is 5.94. The molecule has 2 N–H and O–H groups in total. The maximum Gasteiger partial charge on any atom is 0.407 e. The fourth-order valence-electron chi connectivity index (χ4n) is 3.51. The van der Waals surface area contributed by atoms with Crippen LogP contribution < -0.4 is 5.32 Å². The first-order valence-electron chi connectivity index (χ1n) is 8.87. The summed E-state index contributed by atoms with van der Waals surface area (Å²) in [5, 5.41) is 19.4. The SMILES string of the molecule is CC(C)(C)OC(=O)N[C@@H]1CCCC(O)(Cn2ncc3ccccc32)C1. The molecule has 0 saturated heterocycles. The maximum absolute atomic E-state index is 12.0. The van der Waals surface area contributed by atoms with E-state index in [4.69, 9.17) is 4.74 Å². The first-order valence-corrected chi connectivity index (χ1v) is 8.87. The van der Waals surface area contributed by atoms with Gasteiger partial charge in [-0.15, -0.1) is 0 Å². The highest BCUT2D eigenvalue weighted by Gasteiger charge is 2.36. The molecule has 2 aromatic rings. The molecular weight excluding hydrogens is 318 g/mol. The second-order valence-electron chi connectivity index (χ2n) is 8.02. The van der Waals surface area contributed by atoms with Crippen molar-refractivity contribution in [2.24, 2.45) is 0 Å². The molecule has 1 heterocycles. The number of para-hydroxylation sites is 1. The van der Waals surface area contributed by atoms with E-state index in [-0.39, 0.29) is 6.04 Å². The number of carbonyl (C=O) groups is 1. The van der Waals surface area contributed by atoms with E-state index in [0.717, 1.165) is 23.7 Å². The normalized spacial score (nSPS) is 24.2. The van der Waals surface area contributed by atoms with E-state index in [1.54, 1.807) is 0 Å². The summed E-state index contributed by atoms with van der Waals surface area (Å²) in [4.78, 5) is 12.0. The summed E-state index contributed by atoms with van der Waals surface area (Å²) in [6.07, 6.45) is 4.30. The van der Waals surface area contributed by atoms with E-state index in [1.807, 2.05) is 55.9 Å². The molecule has 0 bridgehead atoms. The molecule has 136 valence electrons. The van der Waals surface area contributed by atoms with Crippen LogP contribution in [-0.2, 0) is 11.3 Å². The number of hydrogen-bond acceptors (Lipinski definition) is 4. The van der Waals surface area contributed by atoms with Gasteiger partial charge in [0.1, 0.15) is 5.60 Å². The Kier molecular flexibility index (Phi) is 4.73. The quantitative estimate of drug-likeness (QED) is 0.895. The molecule has 25 heavy (non-hydrogen) atoms. The first kappa shape index (κ1) is 17.7. The number of amides is 1. The van der Waals surface area contributed by atoms with Gasteiger partial charge in [-0.25, -0.2) is 4.79 Å². The lowest BCUT2D eigenvalue weighted by atomic mass is 9.81. The third-order valence-corrected chi connectivity index (χ3v) is 4.54. The molecule has 0 spiro atoms. The van der Waals surface area contributed by atoms with Crippen LogP contribution in [0.1, 0.15) is 46.5 Å². The fourth-order valence-corrected chi connectivity index (χ4v) is 3.51. The Morgan fingerprint density at radius 2 is 2.20 bits per heavy atom. The summed E-state index contributed by atoms with van der Waals surface area (Å²) >= 11 is 0. The van der Waals surface area contributed by atoms with Gasteiger partial charge in [-0.1, -0.05) is 18.2 Å². The van der Waals surface area contributed by atoms with Crippen LogP contribution in [-0.4, -0.2) is 38.2 Å². The summed E-state index contributed by atoms with van der Waals surface area (Å²) in [7, 11) is 0. The third kappa shape index (κ3) is 4.51. The molecule has 0 radical (unpaired) electrons. The molecule has 2 atom stereocenters. The number of aliphatic hydroxyl groups is 1. The van der Waals surface area contributed by atoms with E-state index in [2.05, 4.69) is 10.4 Å². The first-order chi connectivity index (χ1) is 11.7. The predicted octanol–water partition coefficient (Wildman–Crippen LogP) is 3.23. The van der Waals surface area contributed by atoms with Crippen LogP contribution in [0, 0.1) is 0 Å². The Balaban J connectivity index is 1.66. The van der Waals surface area contributed by atoms with Crippen LogP contribution in [0.3, 0.4) is 0 Å². The molecule has 6 heteroatoms. The molecule has 1 aromatic heterocycles. The number of benzene rings is 1. The Bertz CT molecular complexity index is 750. The van der Waals surface area contributed by atoms with Crippen molar-refractivity contribution in [1.82, 2.24) is 15.1 Å². The van der Waals surface area contributed by atoms with Crippen LogP contribution >= 0.6 is 0 Å². The topological polar surface area (TPSA) is 76.4 Å². The monoisotopic (exact) mass is 345 g/mol. The number of ether oxygens (including phenoxy) is 1. The number of aromatic nitrogens is 2. The fraction of sp³-hybridized carbons (Fsp3) is 0.579. The van der Waals surface area contributed by atoms with Gasteiger partial charge >= 0.3 is 6.09 Å². The molecule has 1 aromatic carbocycles. The van der Waals surface area contributed by atoms with Crippen molar-refractivity contribution in [3.8, 4) is 0 Å². The Labute approximate surface area is 148 Å². The van der Waals surface area contributed by atoms with Crippen molar-refractivity contribution in [2.75, 3.05) is 0 Å². The van der Waals surface area contributed by atoms with Crippen LogP contribution in [0.25, 0.3) is 10.9 Å². The minimum atomic E-state index is -0.882. The van der Waals surface area contributed by atoms with Gasteiger partial charge in [0.2, 0.25) is 0 Å². The summed E-state index contributed by atoms with van der Waals surface area (Å²) in [5.41, 5.74) is -0.395. The maximum atomic E-state index is 12.0. The van der Waals surface area contributed by atoms with Gasteiger partial charge in [-0.2, -0.15) is 5.10 Å². The summed E-state index contributed by atoms with van der Waals surface area (Å²) < 4.78 is 7.18. The zero-order valence-electron chi connectivity index (χ0n) is 15.2. The number of nitrogens with zero attached hydrogens (tertiary/aromatic N) is 2. The van der Waals surface area contributed by atoms with E-state index in [9.17, 15) is 9.90 Å². The average Bonchev–Trinajstić information content (AvgIpc) is 2.88. The highest BCUT2D eigenvalue weighted by Crippen LogP contribution is 2.31. The standard InChI is InChI=1S/C19H27N3O3/c1-18(2,3)25-17(23)21-15-8-6-10-19(24,11-15)13-22-16-9-5-4-7-14(16)12-20-22/h4-5,7,9,12,15,24H,6,8,10-11,13H2,1-3H3,(H,21,23)/t15-,19?/m1/s1. The summed E-state index contributed by atoms with van der Waals surface area (Å²) in [6, 6.07) is 7.88. The third-order valence-electron chi connectivity index (χ3n) is 4.54. The molecule has 3 rings (SSSR count). The Morgan fingerprint density at radius 3 is 2.96 bits per heavy atom. The Morgan fingerprint density at radius 1 is 1.44 bits per heavy atom. The average molecular weight is 345 g/mol. The number of nitrogens with one attached hydrogen (secondary N) is 1. The van der Waals surface area contributed by atoms with Crippen molar-refractivity contribution in [2.45, 2.75) is 70.2 Å². The minimum absolute atomic E-state index is 0.0876. The smallest absolute Gasteiger partial charge is 0.407 e. The number of hydrogen-bond donors (Lipinski definition) is 2. The molecule has 1 aliphatic carbocycles. The molecular formula is C19H27N3O3. The number of carbonyl (C=O) groups excluding carboxylic acids is 1. The lowest BCUT2D eigenvalue weighted by Gasteiger charge is -2.37. The van der Waals surface area contributed by atoms with Crippen molar-refractivity contribution in [3.05, 3.63) is 30.5 Å². The lowest BCUT2D eigenvalue weighted by molar-refractivity contribution is -0.0251. The van der Waals surface area contributed by atoms with Gasteiger partial charge in [0.25, 0.3) is 0 Å². The van der Waals surface area contributed by atoms with E-state index < -0.39 is 17.3 Å². The Hall–Kier alpha value is -2.08. The van der Waals surface area contributed by atoms with E-state index in [1.165, 1.54) is 0 Å². The molecule has 6 nitrogen and oxygen atoms in total. The highest BCUT2D eigenvalue weighted by molar-refractivity contribution is 5.78. The van der Waals surface area contributed by atoms with Gasteiger partial charge in [0.05, 0.1) is 23.9 Å². The lowest BCUT2D eigenvalue weighted by Crippen LogP contribution is -2.48. The molecule has 1 aliphatic rings. The second-order valence-corrected chi connectivity index (χ2v) is 8.02. The minimum Gasteiger partial charge on any atom is -0.444 e. The van der Waals surface area contributed by atoms with Crippen molar-refractivity contribution >= 4 is 17.0 Å². The second kappa shape index (κ2) is 6.67. The van der Waals surface area contributed by atoms with Crippen LogP contribution in [0.2, 0.25) is 0 Å². The summed E-state index contributed by atoms with van der Waals surface area (Å²) in [5.74, 6) is 0. The van der Waals surface area contributed by atoms with E-state index >= 15 is 0 Å². The molecule has 1 amide bonds. The van der Waals surface area contributed by atoms with Gasteiger partial charge in [0, 0.05) is 11.4 Å². The van der Waals surface area contributed by atoms with E-state index in [0.29, 0.717) is 19.4 Å². The number of rotatable bonds is 3. The van der Waals surface area contributed by atoms with Crippen molar-refractivity contribution < 1.29 is 14.6 Å². The van der Waals surface area contributed by atoms with Crippen LogP contribution in [0.15, 0.2) is 30.5 Å². The van der Waals surface area contributed by atoms with Crippen LogP contribution in [0.4, 0.5) is 4.79 Å². The largest absolute Gasteiger partial charge is 0.444 e. The molecule has 0 aliphatic heterocycles. The van der Waals surface area contributed by atoms with Gasteiger partial charge in [0.15, 0.2) is 0 Å². The molecule has 1 fully saturated rings. The van der Waals surface area contributed by atoms with Gasteiger partial charge < -0.3 is 15.2 Å². The van der Waals surface area contributed by atoms with Gasteiger partial charge in [-0.05, 0) is 52.5 Å². The number of fused-ring (bicyclic) bond motifs is 1. The van der Waals surface area contributed by atoms with Gasteiger partial charge in [-0.3, -0.25) is 4.68 Å². The molecule has 1 saturated carbocycles. The number of alkyl carbamates (subject to hydrolysis) is 1. The predicted molar refractivity (Wildman–Crippen MR) is 96.3 cm³/mol. The highest BCUT2D eigenvalue weighted by atomic mass is 16.6. The zero-order valence-corrected chi connectivity index (χ0v) is 15.2. The van der Waals surface area contributed by atoms with Crippen molar-refractivity contribution in [1.29, 1.82) is 0 Å². The van der Waals surface area contributed by atoms with Crippen LogP contribution in [0.5, 0.6) is 0 Å². The zero-order chi connectivity index (χ0) is 18.1. The molecule has 1 unspecified atom stereocenters.